The van der Waals surface area contributed by atoms with E-state index in [2.05, 4.69) is 20.9 Å². The SMILES string of the molecule is CC(C)C(NC(=O)C(CC(N)=O)NC(=O)C(N)Cc1ccc(O)cc1)C(=O)NC(Cc1c[nH]c2ccccc12)C(=O)O. The van der Waals surface area contributed by atoms with Crippen LogP contribution in [-0.4, -0.2) is 69.0 Å². The van der Waals surface area contributed by atoms with Gasteiger partial charge in [0.25, 0.3) is 0 Å². The lowest BCUT2D eigenvalue weighted by atomic mass is 10.00. The van der Waals surface area contributed by atoms with E-state index in [1.165, 1.54) is 12.1 Å². The van der Waals surface area contributed by atoms with Gasteiger partial charge in [0.2, 0.25) is 23.6 Å². The van der Waals surface area contributed by atoms with E-state index in [1.54, 1.807) is 32.2 Å². The van der Waals surface area contributed by atoms with Crippen LogP contribution in [-0.2, 0) is 36.8 Å². The largest absolute Gasteiger partial charge is 0.508 e. The molecule has 4 atom stereocenters. The number of hydrogen-bond donors (Lipinski definition) is 8. The number of rotatable bonds is 14. The molecule has 1 aromatic heterocycles. The average Bonchev–Trinajstić information content (AvgIpc) is 3.34. The van der Waals surface area contributed by atoms with Crippen LogP contribution in [0.3, 0.4) is 0 Å². The summed E-state index contributed by atoms with van der Waals surface area (Å²) in [5.74, 6) is -4.93. The number of para-hydroxylation sites is 1. The summed E-state index contributed by atoms with van der Waals surface area (Å²) in [4.78, 5) is 66.0. The van der Waals surface area contributed by atoms with Crippen molar-refractivity contribution in [3.05, 3.63) is 65.9 Å². The first-order valence-electron chi connectivity index (χ1n) is 13.4. The highest BCUT2D eigenvalue weighted by molar-refractivity contribution is 5.96. The molecule has 0 aliphatic heterocycles. The maximum absolute atomic E-state index is 13.2. The number of hydrogen-bond acceptors (Lipinski definition) is 7. The standard InChI is InChI=1S/C29H36N6O7/c1-15(2)25(28(40)34-23(29(41)42)12-17-14-32-21-6-4-3-5-19(17)21)35-27(39)22(13-24(31)37)33-26(38)20(30)11-16-7-9-18(36)10-8-16/h3-10,14-15,20,22-23,25,32,36H,11-13,30H2,1-2H3,(H2,31,37)(H,33,38)(H,34,40)(H,35,39)(H,41,42). The van der Waals surface area contributed by atoms with Gasteiger partial charge < -0.3 is 42.6 Å². The molecule has 0 bridgehead atoms. The molecule has 4 amide bonds. The summed E-state index contributed by atoms with van der Waals surface area (Å²) in [6.07, 6.45) is 1.19. The number of H-pyrrole nitrogens is 1. The highest BCUT2D eigenvalue weighted by atomic mass is 16.4. The summed E-state index contributed by atoms with van der Waals surface area (Å²) >= 11 is 0. The van der Waals surface area contributed by atoms with Gasteiger partial charge in [0, 0.05) is 23.5 Å². The Hall–Kier alpha value is -4.91. The van der Waals surface area contributed by atoms with Crippen molar-refractivity contribution in [1.82, 2.24) is 20.9 Å². The monoisotopic (exact) mass is 580 g/mol. The molecule has 4 unspecified atom stereocenters. The van der Waals surface area contributed by atoms with Gasteiger partial charge >= 0.3 is 5.97 Å². The number of carboxylic acids is 1. The zero-order valence-corrected chi connectivity index (χ0v) is 23.3. The number of benzene rings is 2. The number of carbonyl (C=O) groups is 5. The Morgan fingerprint density at radius 2 is 1.50 bits per heavy atom. The highest BCUT2D eigenvalue weighted by Crippen LogP contribution is 2.19. The summed E-state index contributed by atoms with van der Waals surface area (Å²) in [5, 5.41) is 27.5. The normalized spacial score (nSPS) is 14.0. The lowest BCUT2D eigenvalue weighted by Crippen LogP contribution is -2.59. The molecule has 0 radical (unpaired) electrons. The van der Waals surface area contributed by atoms with Crippen molar-refractivity contribution in [3.8, 4) is 5.75 Å². The molecule has 0 aliphatic rings. The lowest BCUT2D eigenvalue weighted by Gasteiger charge is -2.26. The predicted octanol–water partition coefficient (Wildman–Crippen LogP) is 0.0564. The number of aromatic nitrogens is 1. The topological polar surface area (TPSA) is 230 Å². The van der Waals surface area contributed by atoms with Crippen molar-refractivity contribution in [2.24, 2.45) is 17.4 Å². The van der Waals surface area contributed by atoms with Crippen molar-refractivity contribution in [1.29, 1.82) is 0 Å². The molecule has 3 rings (SSSR count). The smallest absolute Gasteiger partial charge is 0.326 e. The number of nitrogens with one attached hydrogen (secondary N) is 4. The van der Waals surface area contributed by atoms with Gasteiger partial charge in [0.1, 0.15) is 23.9 Å². The van der Waals surface area contributed by atoms with Gasteiger partial charge in [-0.25, -0.2) is 4.79 Å². The Bertz CT molecular complexity index is 1440. The van der Waals surface area contributed by atoms with Gasteiger partial charge in [-0.1, -0.05) is 44.2 Å². The second-order valence-electron chi connectivity index (χ2n) is 10.4. The molecule has 13 heteroatoms. The van der Waals surface area contributed by atoms with Crippen molar-refractivity contribution in [2.45, 2.75) is 57.3 Å². The van der Waals surface area contributed by atoms with Crippen LogP contribution < -0.4 is 27.4 Å². The summed E-state index contributed by atoms with van der Waals surface area (Å²) < 4.78 is 0. The highest BCUT2D eigenvalue weighted by Gasteiger charge is 2.33. The molecule has 2 aromatic carbocycles. The third-order valence-corrected chi connectivity index (χ3v) is 6.73. The Kier molecular flexibility index (Phi) is 10.6. The van der Waals surface area contributed by atoms with Gasteiger partial charge in [-0.2, -0.15) is 0 Å². The average molecular weight is 581 g/mol. The zero-order chi connectivity index (χ0) is 31.0. The summed E-state index contributed by atoms with van der Waals surface area (Å²) in [6.45, 7) is 3.30. The van der Waals surface area contributed by atoms with E-state index in [-0.39, 0.29) is 18.6 Å². The van der Waals surface area contributed by atoms with Crippen molar-refractivity contribution in [3.63, 3.8) is 0 Å². The molecule has 42 heavy (non-hydrogen) atoms. The second-order valence-corrected chi connectivity index (χ2v) is 10.4. The maximum Gasteiger partial charge on any atom is 0.326 e. The number of aromatic amines is 1. The molecule has 224 valence electrons. The number of primary amides is 1. The van der Waals surface area contributed by atoms with Crippen LogP contribution in [0.5, 0.6) is 5.75 Å². The molecule has 0 saturated carbocycles. The summed E-state index contributed by atoms with van der Waals surface area (Å²) in [6, 6.07) is 8.38. The number of carbonyl (C=O) groups excluding carboxylic acids is 4. The predicted molar refractivity (Wildman–Crippen MR) is 154 cm³/mol. The van der Waals surface area contributed by atoms with Crippen molar-refractivity contribution in [2.75, 3.05) is 0 Å². The molecule has 1 heterocycles. The van der Waals surface area contributed by atoms with E-state index >= 15 is 0 Å². The number of fused-ring (bicyclic) bond motifs is 1. The van der Waals surface area contributed by atoms with Gasteiger partial charge in [-0.15, -0.1) is 0 Å². The van der Waals surface area contributed by atoms with Crippen molar-refractivity contribution >= 4 is 40.5 Å². The fraction of sp³-hybridized carbons (Fsp3) is 0.345. The molecule has 13 nitrogen and oxygen atoms in total. The zero-order valence-electron chi connectivity index (χ0n) is 23.3. The fourth-order valence-corrected chi connectivity index (χ4v) is 4.44. The van der Waals surface area contributed by atoms with E-state index in [9.17, 15) is 34.2 Å². The first-order chi connectivity index (χ1) is 19.8. The van der Waals surface area contributed by atoms with E-state index in [0.717, 1.165) is 10.9 Å². The molecular weight excluding hydrogens is 544 g/mol. The summed E-state index contributed by atoms with van der Waals surface area (Å²) in [7, 11) is 0. The molecule has 10 N–H and O–H groups in total. The number of carboxylic acid groups (broad SMARTS) is 1. The maximum atomic E-state index is 13.2. The minimum atomic E-state index is -1.43. The number of phenolic OH excluding ortho intramolecular Hbond substituents is 1. The Morgan fingerprint density at radius 1 is 0.857 bits per heavy atom. The Labute approximate surface area is 242 Å². The van der Waals surface area contributed by atoms with Crippen LogP contribution in [0.2, 0.25) is 0 Å². The molecule has 0 fully saturated rings. The fourth-order valence-electron chi connectivity index (χ4n) is 4.44. The molecule has 0 spiro atoms. The van der Waals surface area contributed by atoms with Crippen LogP contribution >= 0.6 is 0 Å². The van der Waals surface area contributed by atoms with Crippen LogP contribution in [0.15, 0.2) is 54.7 Å². The Morgan fingerprint density at radius 3 is 2.12 bits per heavy atom. The molecule has 3 aromatic rings. The number of phenols is 1. The lowest BCUT2D eigenvalue weighted by molar-refractivity contribution is -0.142. The first-order valence-corrected chi connectivity index (χ1v) is 13.4. The third-order valence-electron chi connectivity index (χ3n) is 6.73. The van der Waals surface area contributed by atoms with E-state index in [4.69, 9.17) is 11.5 Å². The number of aromatic hydroxyl groups is 1. The summed E-state index contributed by atoms with van der Waals surface area (Å²) in [5.41, 5.74) is 13.5. The van der Waals surface area contributed by atoms with E-state index in [1.807, 2.05) is 24.3 Å². The number of amides is 4. The van der Waals surface area contributed by atoms with Crippen LogP contribution in [0.1, 0.15) is 31.4 Å². The molecule has 0 saturated heterocycles. The van der Waals surface area contributed by atoms with Crippen LogP contribution in [0.4, 0.5) is 0 Å². The number of aliphatic carboxylic acids is 1. The minimum Gasteiger partial charge on any atom is -0.508 e. The van der Waals surface area contributed by atoms with Gasteiger partial charge in [0.05, 0.1) is 12.5 Å². The minimum absolute atomic E-state index is 0.0108. The second kappa shape index (κ2) is 14.1. The third kappa shape index (κ3) is 8.54. The Balaban J connectivity index is 1.69. The van der Waals surface area contributed by atoms with E-state index in [0.29, 0.717) is 11.1 Å². The van der Waals surface area contributed by atoms with Crippen LogP contribution in [0, 0.1) is 5.92 Å². The molecule has 0 aliphatic carbocycles. The van der Waals surface area contributed by atoms with Gasteiger partial charge in [0.15, 0.2) is 0 Å². The van der Waals surface area contributed by atoms with E-state index < -0.39 is 66.1 Å². The van der Waals surface area contributed by atoms with Crippen LogP contribution in [0.25, 0.3) is 10.9 Å². The number of nitrogens with two attached hydrogens (primary N) is 2. The van der Waals surface area contributed by atoms with Gasteiger partial charge in [-0.3, -0.25) is 19.2 Å². The quantitative estimate of drug-likeness (QED) is 0.130. The first kappa shape index (κ1) is 31.6. The molecular formula is C29H36N6O7. The van der Waals surface area contributed by atoms with Gasteiger partial charge in [-0.05, 0) is 41.7 Å². The van der Waals surface area contributed by atoms with Crippen molar-refractivity contribution < 1.29 is 34.2 Å².